The molecule has 0 aromatic heterocycles. The van der Waals surface area contributed by atoms with E-state index in [2.05, 4.69) is 27.7 Å². The Morgan fingerprint density at radius 2 is 1.88 bits per heavy atom. The third-order valence-corrected chi connectivity index (χ3v) is 4.01. The summed E-state index contributed by atoms with van der Waals surface area (Å²) in [5.74, 6) is 0.0438. The average Bonchev–Trinajstić information content (AvgIpc) is 2.08. The maximum Gasteiger partial charge on any atom is 0.312 e. The van der Waals surface area contributed by atoms with Gasteiger partial charge in [-0.1, -0.05) is 47.0 Å². The van der Waals surface area contributed by atoms with E-state index in [1.165, 1.54) is 12.8 Å². The number of ether oxygens (including phenoxy) is 1. The van der Waals surface area contributed by atoms with Crippen LogP contribution in [0.5, 0.6) is 0 Å². The molecule has 16 heavy (non-hydrogen) atoms. The van der Waals surface area contributed by atoms with Gasteiger partial charge in [0.25, 0.3) is 0 Å². The average molecular weight is 226 g/mol. The summed E-state index contributed by atoms with van der Waals surface area (Å²) in [7, 11) is 0. The summed E-state index contributed by atoms with van der Waals surface area (Å²) in [5, 5.41) is 0. The lowest BCUT2D eigenvalue weighted by molar-refractivity contribution is -0.172. The standard InChI is InChI=1S/C14H26O2/c1-5-6-7-11-16-12(15)14(9-8-10-14)13(2,3)4/h5-11H2,1-4H3. The number of carbonyl (C=O) groups is 1. The molecule has 1 rings (SSSR count). The molecule has 0 heterocycles. The quantitative estimate of drug-likeness (QED) is 0.524. The molecule has 0 radical (unpaired) electrons. The summed E-state index contributed by atoms with van der Waals surface area (Å²) in [6.45, 7) is 9.22. The van der Waals surface area contributed by atoms with Gasteiger partial charge < -0.3 is 4.74 Å². The van der Waals surface area contributed by atoms with Crippen LogP contribution in [0.1, 0.15) is 66.2 Å². The van der Waals surface area contributed by atoms with E-state index in [9.17, 15) is 4.79 Å². The molecule has 0 bridgehead atoms. The molecule has 94 valence electrons. The predicted molar refractivity (Wildman–Crippen MR) is 66.2 cm³/mol. The van der Waals surface area contributed by atoms with Gasteiger partial charge >= 0.3 is 5.97 Å². The molecule has 0 aliphatic heterocycles. The highest BCUT2D eigenvalue weighted by Crippen LogP contribution is 2.54. The van der Waals surface area contributed by atoms with Crippen molar-refractivity contribution in [3.05, 3.63) is 0 Å². The van der Waals surface area contributed by atoms with E-state index in [0.29, 0.717) is 6.61 Å². The first-order chi connectivity index (χ1) is 7.44. The lowest BCUT2D eigenvalue weighted by Gasteiger charge is -2.49. The van der Waals surface area contributed by atoms with Crippen molar-refractivity contribution in [1.82, 2.24) is 0 Å². The van der Waals surface area contributed by atoms with Gasteiger partial charge in [0.15, 0.2) is 0 Å². The van der Waals surface area contributed by atoms with Crippen LogP contribution >= 0.6 is 0 Å². The fourth-order valence-electron chi connectivity index (χ4n) is 2.45. The van der Waals surface area contributed by atoms with E-state index in [0.717, 1.165) is 25.7 Å². The van der Waals surface area contributed by atoms with Crippen LogP contribution in [-0.2, 0) is 9.53 Å². The van der Waals surface area contributed by atoms with Gasteiger partial charge in [-0.05, 0) is 24.7 Å². The first kappa shape index (κ1) is 13.5. The van der Waals surface area contributed by atoms with E-state index in [1.54, 1.807) is 0 Å². The molecule has 1 aliphatic carbocycles. The van der Waals surface area contributed by atoms with Crippen molar-refractivity contribution in [2.45, 2.75) is 66.2 Å². The van der Waals surface area contributed by atoms with Crippen LogP contribution in [0.25, 0.3) is 0 Å². The predicted octanol–water partition coefficient (Wildman–Crippen LogP) is 3.94. The van der Waals surface area contributed by atoms with E-state index in [-0.39, 0.29) is 16.8 Å². The molecule has 0 unspecified atom stereocenters. The summed E-state index contributed by atoms with van der Waals surface area (Å²) < 4.78 is 5.44. The molecular weight excluding hydrogens is 200 g/mol. The second-order valence-electron chi connectivity index (χ2n) is 6.03. The number of carbonyl (C=O) groups excluding carboxylic acids is 1. The number of hydrogen-bond donors (Lipinski definition) is 0. The zero-order chi connectivity index (χ0) is 12.2. The van der Waals surface area contributed by atoms with E-state index < -0.39 is 0 Å². The third-order valence-electron chi connectivity index (χ3n) is 4.01. The van der Waals surface area contributed by atoms with Crippen LogP contribution in [0.2, 0.25) is 0 Å². The Bertz CT molecular complexity index is 234. The zero-order valence-corrected chi connectivity index (χ0v) is 11.3. The Hall–Kier alpha value is -0.530. The molecule has 0 spiro atoms. The van der Waals surface area contributed by atoms with E-state index in [1.807, 2.05) is 0 Å². The SMILES string of the molecule is CCCCCOC(=O)C1(C(C)(C)C)CCC1. The topological polar surface area (TPSA) is 26.3 Å². The van der Waals surface area contributed by atoms with Crippen molar-refractivity contribution in [2.75, 3.05) is 6.61 Å². The molecule has 1 aliphatic rings. The molecule has 0 aromatic carbocycles. The summed E-state index contributed by atoms with van der Waals surface area (Å²) in [4.78, 5) is 12.1. The molecule has 0 amide bonds. The molecule has 0 aromatic rings. The number of esters is 1. The van der Waals surface area contributed by atoms with Crippen molar-refractivity contribution >= 4 is 5.97 Å². The maximum absolute atomic E-state index is 12.1. The normalized spacial score (nSPS) is 19.0. The summed E-state index contributed by atoms with van der Waals surface area (Å²) in [6, 6.07) is 0. The molecule has 1 fully saturated rings. The maximum atomic E-state index is 12.1. The minimum absolute atomic E-state index is 0.0348. The molecular formula is C14H26O2. The van der Waals surface area contributed by atoms with Gasteiger partial charge in [0.2, 0.25) is 0 Å². The van der Waals surface area contributed by atoms with Crippen LogP contribution in [-0.4, -0.2) is 12.6 Å². The second-order valence-corrected chi connectivity index (χ2v) is 6.03. The second kappa shape index (κ2) is 5.20. The van der Waals surface area contributed by atoms with Gasteiger partial charge in [-0.25, -0.2) is 0 Å². The highest BCUT2D eigenvalue weighted by Gasteiger charge is 2.53. The Balaban J connectivity index is 2.45. The van der Waals surface area contributed by atoms with Gasteiger partial charge in [-0.2, -0.15) is 0 Å². The van der Waals surface area contributed by atoms with E-state index >= 15 is 0 Å². The molecule has 0 N–H and O–H groups in total. The lowest BCUT2D eigenvalue weighted by atomic mass is 9.55. The number of unbranched alkanes of at least 4 members (excludes halogenated alkanes) is 2. The Kier molecular flexibility index (Phi) is 4.40. The number of hydrogen-bond acceptors (Lipinski definition) is 2. The molecule has 0 saturated heterocycles. The Morgan fingerprint density at radius 1 is 1.25 bits per heavy atom. The third kappa shape index (κ3) is 2.58. The van der Waals surface area contributed by atoms with Gasteiger partial charge in [-0.3, -0.25) is 4.79 Å². The zero-order valence-electron chi connectivity index (χ0n) is 11.3. The van der Waals surface area contributed by atoms with Crippen molar-refractivity contribution in [3.63, 3.8) is 0 Å². The smallest absolute Gasteiger partial charge is 0.312 e. The first-order valence-electron chi connectivity index (χ1n) is 6.61. The van der Waals surface area contributed by atoms with Crippen molar-refractivity contribution in [3.8, 4) is 0 Å². The molecule has 0 atom stereocenters. The van der Waals surface area contributed by atoms with Crippen LogP contribution in [0.3, 0.4) is 0 Å². The largest absolute Gasteiger partial charge is 0.465 e. The molecule has 1 saturated carbocycles. The lowest BCUT2D eigenvalue weighted by Crippen LogP contribution is -2.49. The monoisotopic (exact) mass is 226 g/mol. The first-order valence-corrected chi connectivity index (χ1v) is 6.61. The highest BCUT2D eigenvalue weighted by molar-refractivity contribution is 5.78. The van der Waals surface area contributed by atoms with Crippen LogP contribution in [0, 0.1) is 10.8 Å². The van der Waals surface area contributed by atoms with Gasteiger partial charge in [-0.15, -0.1) is 0 Å². The minimum Gasteiger partial charge on any atom is -0.465 e. The fraction of sp³-hybridized carbons (Fsp3) is 0.929. The van der Waals surface area contributed by atoms with Crippen LogP contribution in [0.15, 0.2) is 0 Å². The van der Waals surface area contributed by atoms with Crippen molar-refractivity contribution in [2.24, 2.45) is 10.8 Å². The van der Waals surface area contributed by atoms with Crippen molar-refractivity contribution in [1.29, 1.82) is 0 Å². The molecule has 2 nitrogen and oxygen atoms in total. The van der Waals surface area contributed by atoms with E-state index in [4.69, 9.17) is 4.74 Å². The van der Waals surface area contributed by atoms with Crippen molar-refractivity contribution < 1.29 is 9.53 Å². The van der Waals surface area contributed by atoms with Gasteiger partial charge in [0.05, 0.1) is 12.0 Å². The summed E-state index contributed by atoms with van der Waals surface area (Å²) >= 11 is 0. The fourth-order valence-corrected chi connectivity index (χ4v) is 2.45. The Morgan fingerprint density at radius 3 is 2.25 bits per heavy atom. The van der Waals surface area contributed by atoms with Crippen LogP contribution in [0.4, 0.5) is 0 Å². The number of rotatable bonds is 5. The minimum atomic E-state index is -0.195. The highest BCUT2D eigenvalue weighted by atomic mass is 16.5. The molecule has 2 heteroatoms. The van der Waals surface area contributed by atoms with Crippen LogP contribution < -0.4 is 0 Å². The summed E-state index contributed by atoms with van der Waals surface area (Å²) in [6.07, 6.45) is 6.49. The van der Waals surface area contributed by atoms with Gasteiger partial charge in [0.1, 0.15) is 0 Å². The Labute approximate surface area is 99.8 Å². The van der Waals surface area contributed by atoms with Gasteiger partial charge in [0, 0.05) is 0 Å². The summed E-state index contributed by atoms with van der Waals surface area (Å²) in [5.41, 5.74) is -0.160.